The smallest absolute Gasteiger partial charge is 0.402 e. The third-order valence-electron chi connectivity index (χ3n) is 0.882. The van der Waals surface area contributed by atoms with Crippen molar-refractivity contribution in [2.45, 2.75) is 0 Å². The molecule has 12 heavy (non-hydrogen) atoms. The highest BCUT2D eigenvalue weighted by atomic mass is 16.4. The molecule has 1 amide bonds. The first-order chi connectivity index (χ1) is 5.54. The minimum atomic E-state index is -1.33. The van der Waals surface area contributed by atoms with Crippen molar-refractivity contribution >= 4 is 6.09 Å². The van der Waals surface area contributed by atoms with E-state index >= 15 is 0 Å². The molecule has 0 heterocycles. The normalized spacial score (nSPS) is 8.00. The Balaban J connectivity index is 0.000000261. The molecule has 1 aromatic carbocycles. The number of nitrogens with two attached hydrogens (primary N) is 1. The van der Waals surface area contributed by atoms with Crippen molar-refractivity contribution in [1.29, 1.82) is 0 Å². The Hall–Kier alpha value is -1.91. The average molecular weight is 171 g/mol. The Kier molecular flexibility index (Phi) is 4.07. The monoisotopic (exact) mass is 171 g/mol. The molecule has 0 aliphatic heterocycles. The van der Waals surface area contributed by atoms with Crippen molar-refractivity contribution in [3.05, 3.63) is 24.3 Å². The number of carboxylic acid groups (broad SMARTS) is 1. The molecule has 5 heteroatoms. The Morgan fingerprint density at radius 1 is 1.17 bits per heavy atom. The molecule has 0 saturated heterocycles. The molecular formula is C7H9NO4. The number of benzene rings is 1. The lowest BCUT2D eigenvalue weighted by atomic mass is 10.3. The van der Waals surface area contributed by atoms with Gasteiger partial charge in [-0.05, 0) is 12.1 Å². The summed E-state index contributed by atoms with van der Waals surface area (Å²) in [6.45, 7) is 0. The van der Waals surface area contributed by atoms with Crippen LogP contribution in [0.5, 0.6) is 11.5 Å². The second-order valence-corrected chi connectivity index (χ2v) is 1.83. The van der Waals surface area contributed by atoms with Gasteiger partial charge in [0.05, 0.1) is 0 Å². The Morgan fingerprint density at radius 2 is 1.42 bits per heavy atom. The Labute approximate surface area is 68.7 Å². The third kappa shape index (κ3) is 4.92. The molecule has 5 N–H and O–H groups in total. The van der Waals surface area contributed by atoms with Crippen LogP contribution >= 0.6 is 0 Å². The lowest BCUT2D eigenvalue weighted by Crippen LogP contribution is -2.03. The van der Waals surface area contributed by atoms with Gasteiger partial charge in [-0.3, -0.25) is 0 Å². The molecule has 1 rings (SSSR count). The lowest BCUT2D eigenvalue weighted by Gasteiger charge is -1.91. The fourth-order valence-electron chi connectivity index (χ4n) is 0.464. The van der Waals surface area contributed by atoms with E-state index in [0.29, 0.717) is 0 Å². The van der Waals surface area contributed by atoms with Gasteiger partial charge in [-0.2, -0.15) is 0 Å². The first-order valence-electron chi connectivity index (χ1n) is 2.99. The summed E-state index contributed by atoms with van der Waals surface area (Å²) in [7, 11) is 0. The zero-order valence-corrected chi connectivity index (χ0v) is 6.14. The van der Waals surface area contributed by atoms with Gasteiger partial charge in [0.15, 0.2) is 11.5 Å². The van der Waals surface area contributed by atoms with Crippen LogP contribution in [0.1, 0.15) is 0 Å². The molecular weight excluding hydrogens is 162 g/mol. The quantitative estimate of drug-likeness (QED) is 0.432. The first-order valence-corrected chi connectivity index (χ1v) is 2.99. The largest absolute Gasteiger partial charge is 0.504 e. The average Bonchev–Trinajstić information content (AvgIpc) is 1.94. The van der Waals surface area contributed by atoms with E-state index in [9.17, 15) is 0 Å². The number of phenols is 2. The number of hydrogen-bond acceptors (Lipinski definition) is 3. The van der Waals surface area contributed by atoms with E-state index in [0.717, 1.165) is 0 Å². The molecule has 0 saturated carbocycles. The summed E-state index contributed by atoms with van der Waals surface area (Å²) in [5.41, 5.74) is 4.03. The van der Waals surface area contributed by atoms with E-state index in [2.05, 4.69) is 5.73 Å². The van der Waals surface area contributed by atoms with Gasteiger partial charge in [-0.15, -0.1) is 0 Å². The maximum Gasteiger partial charge on any atom is 0.402 e. The number of amides is 1. The fraction of sp³-hybridized carbons (Fsp3) is 0. The molecule has 0 atom stereocenters. The zero-order valence-electron chi connectivity index (χ0n) is 6.14. The zero-order chi connectivity index (χ0) is 9.56. The molecule has 0 unspecified atom stereocenters. The topological polar surface area (TPSA) is 104 Å². The van der Waals surface area contributed by atoms with Crippen LogP contribution in [-0.2, 0) is 0 Å². The van der Waals surface area contributed by atoms with Crippen LogP contribution in [0.15, 0.2) is 24.3 Å². The molecule has 0 aliphatic rings. The molecule has 0 aliphatic carbocycles. The highest BCUT2D eigenvalue weighted by Gasteiger charge is 1.90. The molecule has 0 bridgehead atoms. The summed E-state index contributed by atoms with van der Waals surface area (Å²) in [5, 5.41) is 24.5. The Morgan fingerprint density at radius 3 is 1.58 bits per heavy atom. The van der Waals surface area contributed by atoms with E-state index in [-0.39, 0.29) is 11.5 Å². The van der Waals surface area contributed by atoms with Gasteiger partial charge in [0.2, 0.25) is 0 Å². The van der Waals surface area contributed by atoms with E-state index in [1.54, 1.807) is 12.1 Å². The van der Waals surface area contributed by atoms with Crippen LogP contribution in [0.25, 0.3) is 0 Å². The fourth-order valence-corrected chi connectivity index (χ4v) is 0.464. The molecule has 0 fully saturated rings. The van der Waals surface area contributed by atoms with E-state index in [1.165, 1.54) is 12.1 Å². The second kappa shape index (κ2) is 4.84. The van der Waals surface area contributed by atoms with Crippen LogP contribution in [0, 0.1) is 0 Å². The predicted octanol–water partition coefficient (Wildman–Crippen LogP) is 0.721. The summed E-state index contributed by atoms with van der Waals surface area (Å²) in [5.74, 6) is -0.153. The number of para-hydroxylation sites is 2. The van der Waals surface area contributed by atoms with Crippen molar-refractivity contribution in [1.82, 2.24) is 0 Å². The van der Waals surface area contributed by atoms with Crippen LogP contribution in [0.3, 0.4) is 0 Å². The molecule has 1 aromatic rings. The van der Waals surface area contributed by atoms with Crippen molar-refractivity contribution in [3.8, 4) is 11.5 Å². The molecule has 5 nitrogen and oxygen atoms in total. The Bertz CT molecular complexity index is 236. The minimum Gasteiger partial charge on any atom is -0.504 e. The number of carbonyl (C=O) groups is 1. The maximum absolute atomic E-state index is 8.78. The molecule has 0 spiro atoms. The van der Waals surface area contributed by atoms with Gasteiger partial charge < -0.3 is 21.1 Å². The third-order valence-corrected chi connectivity index (χ3v) is 0.882. The van der Waals surface area contributed by atoms with E-state index in [1.807, 2.05) is 0 Å². The number of phenolic OH excluding ortho intramolecular Hbond substituents is 2. The minimum absolute atomic E-state index is 0.0764. The number of rotatable bonds is 0. The van der Waals surface area contributed by atoms with Gasteiger partial charge in [-0.1, -0.05) is 12.1 Å². The van der Waals surface area contributed by atoms with Crippen molar-refractivity contribution in [2.75, 3.05) is 0 Å². The highest BCUT2D eigenvalue weighted by Crippen LogP contribution is 2.21. The van der Waals surface area contributed by atoms with Crippen LogP contribution in [0.2, 0.25) is 0 Å². The summed E-state index contributed by atoms with van der Waals surface area (Å²) >= 11 is 0. The SMILES string of the molecule is NC(=O)O.Oc1ccccc1O. The van der Waals surface area contributed by atoms with Crippen LogP contribution in [-0.4, -0.2) is 21.4 Å². The molecule has 0 radical (unpaired) electrons. The van der Waals surface area contributed by atoms with Crippen molar-refractivity contribution in [2.24, 2.45) is 5.73 Å². The number of aromatic hydroxyl groups is 2. The molecule has 66 valence electrons. The van der Waals surface area contributed by atoms with E-state index < -0.39 is 6.09 Å². The van der Waals surface area contributed by atoms with Gasteiger partial charge in [-0.25, -0.2) is 4.79 Å². The predicted molar refractivity (Wildman–Crippen MR) is 42.0 cm³/mol. The van der Waals surface area contributed by atoms with Gasteiger partial charge in [0.25, 0.3) is 0 Å². The van der Waals surface area contributed by atoms with Gasteiger partial charge >= 0.3 is 6.09 Å². The summed E-state index contributed by atoms with van der Waals surface area (Å²) in [4.78, 5) is 8.78. The molecule has 0 aromatic heterocycles. The number of primary amides is 1. The number of hydrogen-bond donors (Lipinski definition) is 4. The summed E-state index contributed by atoms with van der Waals surface area (Å²) in [6.07, 6.45) is -1.33. The van der Waals surface area contributed by atoms with Gasteiger partial charge in [0.1, 0.15) is 0 Å². The first kappa shape index (κ1) is 10.1. The summed E-state index contributed by atoms with van der Waals surface area (Å²) in [6, 6.07) is 6.15. The maximum atomic E-state index is 8.78. The van der Waals surface area contributed by atoms with Crippen molar-refractivity contribution < 1.29 is 20.1 Å². The van der Waals surface area contributed by atoms with Crippen molar-refractivity contribution in [3.63, 3.8) is 0 Å². The lowest BCUT2D eigenvalue weighted by molar-refractivity contribution is 0.205. The van der Waals surface area contributed by atoms with Crippen LogP contribution < -0.4 is 5.73 Å². The van der Waals surface area contributed by atoms with Crippen LogP contribution in [0.4, 0.5) is 4.79 Å². The highest BCUT2D eigenvalue weighted by molar-refractivity contribution is 5.61. The van der Waals surface area contributed by atoms with E-state index in [4.69, 9.17) is 20.1 Å². The second-order valence-electron chi connectivity index (χ2n) is 1.83. The van der Waals surface area contributed by atoms with Gasteiger partial charge in [0, 0.05) is 0 Å². The standard InChI is InChI=1S/C6H6O2.CH3NO2/c7-5-3-1-2-4-6(5)8;2-1(3)4/h1-4,7-8H;2H2,(H,3,4). The summed E-state index contributed by atoms with van der Waals surface area (Å²) < 4.78 is 0.